The van der Waals surface area contributed by atoms with Gasteiger partial charge in [-0.1, -0.05) is 12.1 Å². The van der Waals surface area contributed by atoms with E-state index in [0.29, 0.717) is 5.82 Å². The molecule has 1 N–H and O–H groups in total. The van der Waals surface area contributed by atoms with Gasteiger partial charge in [-0.05, 0) is 37.1 Å². The van der Waals surface area contributed by atoms with Crippen molar-refractivity contribution in [3.63, 3.8) is 0 Å². The highest BCUT2D eigenvalue weighted by atomic mass is 19.1. The molecule has 7 heteroatoms. The van der Waals surface area contributed by atoms with Crippen LogP contribution in [0.1, 0.15) is 19.3 Å². The molecule has 0 aliphatic carbocycles. The maximum atomic E-state index is 13.9. The molecule has 140 valence electrons. The molecule has 1 aromatic heterocycles. The summed E-state index contributed by atoms with van der Waals surface area (Å²) in [6, 6.07) is 9.82. The lowest BCUT2D eigenvalue weighted by atomic mass is 10.1. The van der Waals surface area contributed by atoms with Crippen LogP contribution in [0.15, 0.2) is 42.6 Å². The Kier molecular flexibility index (Phi) is 4.75. The topological polar surface area (TPSA) is 65.5 Å². The van der Waals surface area contributed by atoms with Crippen LogP contribution in [-0.4, -0.2) is 36.4 Å². The minimum atomic E-state index is -0.530. The molecular formula is C20H21FN4O2. The predicted molar refractivity (Wildman–Crippen MR) is 101 cm³/mol. The first-order chi connectivity index (χ1) is 13.1. The van der Waals surface area contributed by atoms with Gasteiger partial charge in [0.1, 0.15) is 11.6 Å². The summed E-state index contributed by atoms with van der Waals surface area (Å²) < 4.78 is 13.9. The van der Waals surface area contributed by atoms with E-state index < -0.39 is 11.7 Å². The van der Waals surface area contributed by atoms with Crippen LogP contribution < -0.4 is 15.1 Å². The van der Waals surface area contributed by atoms with Gasteiger partial charge in [0.2, 0.25) is 11.8 Å². The van der Waals surface area contributed by atoms with E-state index in [1.165, 1.54) is 23.8 Å². The number of hydrogen-bond donors (Lipinski definition) is 1. The molecule has 2 fully saturated rings. The Bertz CT molecular complexity index is 849. The Hall–Kier alpha value is -2.96. The highest BCUT2D eigenvalue weighted by Gasteiger charge is 2.36. The molecule has 0 saturated carbocycles. The average molecular weight is 368 g/mol. The Morgan fingerprint density at radius 2 is 1.93 bits per heavy atom. The number of amides is 2. The van der Waals surface area contributed by atoms with Crippen molar-refractivity contribution in [2.24, 2.45) is 5.92 Å². The van der Waals surface area contributed by atoms with Crippen molar-refractivity contribution in [2.45, 2.75) is 19.3 Å². The predicted octanol–water partition coefficient (Wildman–Crippen LogP) is 2.81. The number of para-hydroxylation sites is 1. The van der Waals surface area contributed by atoms with Gasteiger partial charge >= 0.3 is 0 Å². The highest BCUT2D eigenvalue weighted by Crippen LogP contribution is 2.28. The number of aromatic nitrogens is 1. The number of carbonyl (C=O) groups is 2. The SMILES string of the molecule is O=C(Nc1ccc(N2CCCC2)cn1)[C@H]1CC(=O)N(c2ccccc2F)C1. The van der Waals surface area contributed by atoms with Crippen LogP contribution >= 0.6 is 0 Å². The third-order valence-corrected chi connectivity index (χ3v) is 5.11. The number of halogens is 1. The molecular weight excluding hydrogens is 347 g/mol. The first-order valence-electron chi connectivity index (χ1n) is 9.18. The first kappa shape index (κ1) is 17.5. The van der Waals surface area contributed by atoms with Gasteiger partial charge in [0.25, 0.3) is 0 Å². The fourth-order valence-corrected chi connectivity index (χ4v) is 3.64. The van der Waals surface area contributed by atoms with Crippen molar-refractivity contribution < 1.29 is 14.0 Å². The van der Waals surface area contributed by atoms with Gasteiger partial charge in [-0.3, -0.25) is 9.59 Å². The smallest absolute Gasteiger partial charge is 0.230 e. The van der Waals surface area contributed by atoms with Crippen LogP contribution in [0.2, 0.25) is 0 Å². The third-order valence-electron chi connectivity index (χ3n) is 5.11. The molecule has 2 aliphatic heterocycles. The number of benzene rings is 1. The van der Waals surface area contributed by atoms with E-state index in [1.54, 1.807) is 30.5 Å². The summed E-state index contributed by atoms with van der Waals surface area (Å²) in [5, 5.41) is 2.77. The summed E-state index contributed by atoms with van der Waals surface area (Å²) in [6.07, 6.45) is 4.19. The van der Waals surface area contributed by atoms with E-state index in [1.807, 2.05) is 6.07 Å². The van der Waals surface area contributed by atoms with E-state index in [4.69, 9.17) is 0 Å². The van der Waals surface area contributed by atoms with Crippen molar-refractivity contribution in [3.8, 4) is 0 Å². The standard InChI is InChI=1S/C20H21FN4O2/c21-16-5-1-2-6-17(16)25-13-14(11-19(25)26)20(27)23-18-8-7-15(12-22-18)24-9-3-4-10-24/h1-2,5-8,12,14H,3-4,9-11,13H2,(H,22,23,27)/t14-/m0/s1. The van der Waals surface area contributed by atoms with Gasteiger partial charge in [-0.25, -0.2) is 9.37 Å². The van der Waals surface area contributed by atoms with Crippen LogP contribution in [-0.2, 0) is 9.59 Å². The Balaban J connectivity index is 1.40. The van der Waals surface area contributed by atoms with Crippen LogP contribution in [0.25, 0.3) is 0 Å². The normalized spacial score (nSPS) is 19.6. The van der Waals surface area contributed by atoms with E-state index in [9.17, 15) is 14.0 Å². The second-order valence-electron chi connectivity index (χ2n) is 6.94. The molecule has 2 aliphatic rings. The Morgan fingerprint density at radius 1 is 1.15 bits per heavy atom. The van der Waals surface area contributed by atoms with Crippen molar-refractivity contribution >= 4 is 29.0 Å². The zero-order chi connectivity index (χ0) is 18.8. The largest absolute Gasteiger partial charge is 0.370 e. The van der Waals surface area contributed by atoms with Crippen molar-refractivity contribution in [3.05, 3.63) is 48.4 Å². The Labute approximate surface area is 157 Å². The third kappa shape index (κ3) is 3.63. The molecule has 0 radical (unpaired) electrons. The molecule has 2 aromatic rings. The molecule has 6 nitrogen and oxygen atoms in total. The summed E-state index contributed by atoms with van der Waals surface area (Å²) in [5.74, 6) is -1.07. The summed E-state index contributed by atoms with van der Waals surface area (Å²) in [4.78, 5) is 32.7. The van der Waals surface area contributed by atoms with Gasteiger partial charge in [-0.2, -0.15) is 0 Å². The molecule has 2 saturated heterocycles. The zero-order valence-electron chi connectivity index (χ0n) is 14.9. The molecule has 1 aromatic carbocycles. The molecule has 2 amide bonds. The van der Waals surface area contributed by atoms with Crippen molar-refractivity contribution in [1.29, 1.82) is 0 Å². The van der Waals surface area contributed by atoms with E-state index in [2.05, 4.69) is 15.2 Å². The van der Waals surface area contributed by atoms with Crippen molar-refractivity contribution in [1.82, 2.24) is 4.98 Å². The number of rotatable bonds is 4. The molecule has 0 spiro atoms. The maximum absolute atomic E-state index is 13.9. The summed E-state index contributed by atoms with van der Waals surface area (Å²) in [7, 11) is 0. The molecule has 0 unspecified atom stereocenters. The first-order valence-corrected chi connectivity index (χ1v) is 9.18. The minimum absolute atomic E-state index is 0.0615. The number of nitrogens with one attached hydrogen (secondary N) is 1. The van der Waals surface area contributed by atoms with Crippen molar-refractivity contribution in [2.75, 3.05) is 34.8 Å². The monoisotopic (exact) mass is 368 g/mol. The van der Waals surface area contributed by atoms with Crippen LogP contribution in [0, 0.1) is 11.7 Å². The molecule has 0 bridgehead atoms. The van der Waals surface area contributed by atoms with Gasteiger partial charge in [0.15, 0.2) is 0 Å². The number of carbonyl (C=O) groups excluding carboxylic acids is 2. The second kappa shape index (κ2) is 7.34. The van der Waals surface area contributed by atoms with Crippen LogP contribution in [0.3, 0.4) is 0 Å². The highest BCUT2D eigenvalue weighted by molar-refractivity contribution is 6.03. The van der Waals surface area contributed by atoms with E-state index >= 15 is 0 Å². The van der Waals surface area contributed by atoms with Gasteiger partial charge in [-0.15, -0.1) is 0 Å². The quantitative estimate of drug-likeness (QED) is 0.901. The van der Waals surface area contributed by atoms with Crippen LogP contribution in [0.5, 0.6) is 0 Å². The van der Waals surface area contributed by atoms with Gasteiger partial charge < -0.3 is 15.1 Å². The summed E-state index contributed by atoms with van der Waals surface area (Å²) in [6.45, 7) is 2.23. The summed E-state index contributed by atoms with van der Waals surface area (Å²) in [5.41, 5.74) is 1.26. The second-order valence-corrected chi connectivity index (χ2v) is 6.94. The molecule has 3 heterocycles. The maximum Gasteiger partial charge on any atom is 0.230 e. The lowest BCUT2D eigenvalue weighted by molar-refractivity contribution is -0.122. The lowest BCUT2D eigenvalue weighted by Crippen LogP contribution is -2.28. The fraction of sp³-hybridized carbons (Fsp3) is 0.350. The van der Waals surface area contributed by atoms with Gasteiger partial charge in [0.05, 0.1) is 23.5 Å². The van der Waals surface area contributed by atoms with E-state index in [-0.39, 0.29) is 30.5 Å². The minimum Gasteiger partial charge on any atom is -0.370 e. The molecule has 27 heavy (non-hydrogen) atoms. The lowest BCUT2D eigenvalue weighted by Gasteiger charge is -2.18. The average Bonchev–Trinajstić information content (AvgIpc) is 3.33. The number of hydrogen-bond acceptors (Lipinski definition) is 4. The summed E-state index contributed by atoms with van der Waals surface area (Å²) >= 11 is 0. The van der Waals surface area contributed by atoms with E-state index in [0.717, 1.165) is 18.8 Å². The molecule has 1 atom stereocenters. The van der Waals surface area contributed by atoms with Gasteiger partial charge in [0, 0.05) is 26.1 Å². The number of pyridine rings is 1. The molecule has 4 rings (SSSR count). The Morgan fingerprint density at radius 3 is 2.63 bits per heavy atom. The zero-order valence-corrected chi connectivity index (χ0v) is 14.9. The van der Waals surface area contributed by atoms with Crippen LogP contribution in [0.4, 0.5) is 21.6 Å². The number of anilines is 3. The fourth-order valence-electron chi connectivity index (χ4n) is 3.64. The number of nitrogens with zero attached hydrogens (tertiary/aromatic N) is 3.